The third kappa shape index (κ3) is 7.76. The average molecular weight is 391 g/mol. The molecule has 1 amide bonds. The number of carbonyl (C=O) groups excluding carboxylic acids is 1. The smallest absolute Gasteiger partial charge is 0.217 e. The summed E-state index contributed by atoms with van der Waals surface area (Å²) in [6.45, 7) is 6.55. The highest BCUT2D eigenvalue weighted by Crippen LogP contribution is 2.20. The summed E-state index contributed by atoms with van der Waals surface area (Å²) in [6.07, 6.45) is 3.40. The SMILES string of the molecule is CCNC(=NCc1cccc(OCCCOC)c1)N1CCCC(CC(N)=O)C1. The maximum absolute atomic E-state index is 11.3. The number of primary amides is 1. The monoisotopic (exact) mass is 390 g/mol. The number of benzene rings is 1. The fraction of sp³-hybridized carbons (Fsp3) is 0.619. The number of aliphatic imine (C=N–C) groups is 1. The molecular weight excluding hydrogens is 356 g/mol. The Labute approximate surface area is 168 Å². The molecule has 0 aliphatic carbocycles. The number of nitrogens with two attached hydrogens (primary N) is 1. The second kappa shape index (κ2) is 12.2. The zero-order valence-corrected chi connectivity index (χ0v) is 17.2. The second-order valence-electron chi connectivity index (χ2n) is 7.14. The first-order valence-electron chi connectivity index (χ1n) is 10.1. The third-order valence-corrected chi connectivity index (χ3v) is 4.71. The standard InChI is InChI=1S/C21H34N4O3/c1-3-23-21(25-10-5-8-18(16-25)14-20(22)26)24-15-17-7-4-9-19(13-17)28-12-6-11-27-2/h4,7,9,13,18H,3,5-6,8,10-12,14-16H2,1-2H3,(H2,22,26)(H,23,24). The summed E-state index contributed by atoms with van der Waals surface area (Å²) < 4.78 is 10.8. The number of hydrogen-bond acceptors (Lipinski definition) is 4. The number of ether oxygens (including phenoxy) is 2. The number of guanidine groups is 1. The molecule has 2 rings (SSSR count). The number of carbonyl (C=O) groups is 1. The zero-order valence-electron chi connectivity index (χ0n) is 17.2. The van der Waals surface area contributed by atoms with Gasteiger partial charge >= 0.3 is 0 Å². The number of amides is 1. The van der Waals surface area contributed by atoms with Gasteiger partial charge in [-0.25, -0.2) is 4.99 Å². The molecule has 1 fully saturated rings. The topological polar surface area (TPSA) is 89.2 Å². The minimum absolute atomic E-state index is 0.226. The van der Waals surface area contributed by atoms with E-state index in [-0.39, 0.29) is 5.91 Å². The van der Waals surface area contributed by atoms with E-state index in [1.165, 1.54) is 0 Å². The highest BCUT2D eigenvalue weighted by atomic mass is 16.5. The van der Waals surface area contributed by atoms with Gasteiger partial charge in [-0.1, -0.05) is 12.1 Å². The molecule has 1 aromatic rings. The number of likely N-dealkylation sites (tertiary alicyclic amines) is 1. The quantitative estimate of drug-likeness (QED) is 0.363. The molecule has 0 saturated carbocycles. The minimum Gasteiger partial charge on any atom is -0.493 e. The van der Waals surface area contributed by atoms with Crippen molar-refractivity contribution >= 4 is 11.9 Å². The van der Waals surface area contributed by atoms with E-state index in [0.717, 1.165) is 56.2 Å². The van der Waals surface area contributed by atoms with Crippen LogP contribution in [0.2, 0.25) is 0 Å². The first kappa shape index (κ1) is 22.0. The van der Waals surface area contributed by atoms with Gasteiger partial charge in [0.1, 0.15) is 5.75 Å². The van der Waals surface area contributed by atoms with Crippen molar-refractivity contribution in [3.05, 3.63) is 29.8 Å². The molecule has 1 aliphatic heterocycles. The molecule has 3 N–H and O–H groups in total. The maximum Gasteiger partial charge on any atom is 0.217 e. The van der Waals surface area contributed by atoms with Crippen LogP contribution >= 0.6 is 0 Å². The lowest BCUT2D eigenvalue weighted by Gasteiger charge is -2.34. The van der Waals surface area contributed by atoms with Crippen molar-refractivity contribution in [2.24, 2.45) is 16.6 Å². The van der Waals surface area contributed by atoms with Gasteiger partial charge in [-0.2, -0.15) is 0 Å². The summed E-state index contributed by atoms with van der Waals surface area (Å²) in [5.74, 6) is 1.83. The highest BCUT2D eigenvalue weighted by Gasteiger charge is 2.23. The summed E-state index contributed by atoms with van der Waals surface area (Å²) in [5, 5.41) is 3.37. The lowest BCUT2D eigenvalue weighted by atomic mass is 9.95. The van der Waals surface area contributed by atoms with Gasteiger partial charge < -0.3 is 25.4 Å². The number of rotatable bonds is 10. The van der Waals surface area contributed by atoms with Crippen molar-refractivity contribution in [3.63, 3.8) is 0 Å². The Morgan fingerprint density at radius 3 is 3.00 bits per heavy atom. The highest BCUT2D eigenvalue weighted by molar-refractivity contribution is 5.80. The van der Waals surface area contributed by atoms with E-state index in [0.29, 0.717) is 32.1 Å². The fourth-order valence-electron chi connectivity index (χ4n) is 3.43. The number of nitrogens with zero attached hydrogens (tertiary/aromatic N) is 2. The van der Waals surface area contributed by atoms with E-state index >= 15 is 0 Å². The van der Waals surface area contributed by atoms with Gasteiger partial charge in [0, 0.05) is 46.2 Å². The molecule has 0 bridgehead atoms. The van der Waals surface area contributed by atoms with Crippen LogP contribution in [-0.2, 0) is 16.1 Å². The van der Waals surface area contributed by atoms with Gasteiger partial charge in [0.25, 0.3) is 0 Å². The Morgan fingerprint density at radius 1 is 1.39 bits per heavy atom. The number of hydrogen-bond donors (Lipinski definition) is 2. The second-order valence-corrected chi connectivity index (χ2v) is 7.14. The van der Waals surface area contributed by atoms with Crippen LogP contribution in [0.4, 0.5) is 0 Å². The summed E-state index contributed by atoms with van der Waals surface area (Å²) >= 11 is 0. The first-order chi connectivity index (χ1) is 13.6. The van der Waals surface area contributed by atoms with Crippen LogP contribution in [0.1, 0.15) is 38.2 Å². The van der Waals surface area contributed by atoms with Crippen molar-refractivity contribution in [1.82, 2.24) is 10.2 Å². The van der Waals surface area contributed by atoms with Crippen molar-refractivity contribution in [2.75, 3.05) is 40.0 Å². The molecular formula is C21H34N4O3. The molecule has 7 nitrogen and oxygen atoms in total. The molecule has 1 aliphatic rings. The van der Waals surface area contributed by atoms with Crippen LogP contribution in [0.15, 0.2) is 29.3 Å². The van der Waals surface area contributed by atoms with Gasteiger partial charge in [-0.05, 0) is 43.4 Å². The van der Waals surface area contributed by atoms with Crippen molar-refractivity contribution in [3.8, 4) is 5.75 Å². The Kier molecular flexibility index (Phi) is 9.62. The minimum atomic E-state index is -0.226. The molecule has 1 saturated heterocycles. The van der Waals surface area contributed by atoms with Gasteiger partial charge in [-0.15, -0.1) is 0 Å². The molecule has 1 heterocycles. The number of methoxy groups -OCH3 is 1. The van der Waals surface area contributed by atoms with Crippen LogP contribution < -0.4 is 15.8 Å². The van der Waals surface area contributed by atoms with Gasteiger partial charge in [0.15, 0.2) is 5.96 Å². The molecule has 0 aromatic heterocycles. The molecule has 0 radical (unpaired) electrons. The predicted octanol–water partition coefficient (Wildman–Crippen LogP) is 2.15. The Morgan fingerprint density at radius 2 is 2.25 bits per heavy atom. The van der Waals surface area contributed by atoms with Crippen LogP contribution in [-0.4, -0.2) is 56.7 Å². The van der Waals surface area contributed by atoms with Crippen LogP contribution in [0.5, 0.6) is 5.75 Å². The van der Waals surface area contributed by atoms with E-state index in [1.54, 1.807) is 7.11 Å². The van der Waals surface area contributed by atoms with Crippen LogP contribution in [0.3, 0.4) is 0 Å². The average Bonchev–Trinajstić information content (AvgIpc) is 2.68. The molecule has 1 aromatic carbocycles. The molecule has 1 atom stereocenters. The normalized spacial score (nSPS) is 17.4. The molecule has 156 valence electrons. The van der Waals surface area contributed by atoms with Gasteiger partial charge in [0.2, 0.25) is 5.91 Å². The van der Waals surface area contributed by atoms with Crippen LogP contribution in [0, 0.1) is 5.92 Å². The third-order valence-electron chi connectivity index (χ3n) is 4.71. The Balaban J connectivity index is 1.97. The number of nitrogens with one attached hydrogen (secondary N) is 1. The fourth-order valence-corrected chi connectivity index (χ4v) is 3.43. The van der Waals surface area contributed by atoms with Crippen LogP contribution in [0.25, 0.3) is 0 Å². The van der Waals surface area contributed by atoms with Crippen molar-refractivity contribution in [1.29, 1.82) is 0 Å². The summed E-state index contributed by atoms with van der Waals surface area (Å²) in [5.41, 5.74) is 6.48. The van der Waals surface area contributed by atoms with Gasteiger partial charge in [0.05, 0.1) is 13.2 Å². The largest absolute Gasteiger partial charge is 0.493 e. The number of piperidine rings is 1. The Bertz CT molecular complexity index is 636. The van der Waals surface area contributed by atoms with E-state index < -0.39 is 0 Å². The first-order valence-corrected chi connectivity index (χ1v) is 10.1. The lowest BCUT2D eigenvalue weighted by Crippen LogP contribution is -2.47. The van der Waals surface area contributed by atoms with E-state index in [9.17, 15) is 4.79 Å². The van der Waals surface area contributed by atoms with Gasteiger partial charge in [-0.3, -0.25) is 4.79 Å². The maximum atomic E-state index is 11.3. The van der Waals surface area contributed by atoms with E-state index in [4.69, 9.17) is 20.2 Å². The molecule has 28 heavy (non-hydrogen) atoms. The van der Waals surface area contributed by atoms with Crippen molar-refractivity contribution in [2.45, 2.75) is 39.2 Å². The zero-order chi connectivity index (χ0) is 20.2. The molecule has 1 unspecified atom stereocenters. The summed E-state index contributed by atoms with van der Waals surface area (Å²) in [6, 6.07) is 8.05. The summed E-state index contributed by atoms with van der Waals surface area (Å²) in [7, 11) is 1.69. The predicted molar refractivity (Wildman–Crippen MR) is 111 cm³/mol. The van der Waals surface area contributed by atoms with E-state index in [2.05, 4.69) is 23.2 Å². The molecule has 0 spiro atoms. The summed E-state index contributed by atoms with van der Waals surface area (Å²) in [4.78, 5) is 18.3. The van der Waals surface area contributed by atoms with Crippen molar-refractivity contribution < 1.29 is 14.3 Å². The Hall–Kier alpha value is -2.28. The molecule has 7 heteroatoms. The van der Waals surface area contributed by atoms with E-state index in [1.807, 2.05) is 18.2 Å². The lowest BCUT2D eigenvalue weighted by molar-refractivity contribution is -0.119.